The van der Waals surface area contributed by atoms with E-state index in [-0.39, 0.29) is 5.41 Å². The first-order valence-electron chi connectivity index (χ1n) is 7.19. The van der Waals surface area contributed by atoms with Crippen LogP contribution in [0.25, 0.3) is 0 Å². The van der Waals surface area contributed by atoms with Crippen LogP contribution in [0.15, 0.2) is 0 Å². The first kappa shape index (κ1) is 13.4. The zero-order valence-corrected chi connectivity index (χ0v) is 11.8. The standard InChI is InChI=1S/C13H17F3O3S/c14-13(15,16)20(17,18)19-12-6-8-3-9(7-12)5-10(4-8)11(12)1-2-11/h8-10H,1-7H2/t8-,9+,10?,12?. The molecule has 7 heteroatoms. The van der Waals surface area contributed by atoms with Crippen LogP contribution >= 0.6 is 0 Å². The minimum Gasteiger partial charge on any atom is -0.256 e. The molecule has 5 aliphatic rings. The van der Waals surface area contributed by atoms with Crippen LogP contribution < -0.4 is 0 Å². The maximum Gasteiger partial charge on any atom is 0.523 e. The van der Waals surface area contributed by atoms with Crippen molar-refractivity contribution in [2.45, 2.75) is 56.1 Å². The third-order valence-corrected chi connectivity index (χ3v) is 7.27. The predicted octanol–water partition coefficient (Wildman–Crippen LogP) is 3.21. The van der Waals surface area contributed by atoms with E-state index >= 15 is 0 Å². The highest BCUT2D eigenvalue weighted by molar-refractivity contribution is 7.87. The fourth-order valence-corrected chi connectivity index (χ4v) is 6.37. The molecule has 5 aliphatic carbocycles. The average molecular weight is 310 g/mol. The van der Waals surface area contributed by atoms with E-state index in [4.69, 9.17) is 4.18 Å². The fraction of sp³-hybridized carbons (Fsp3) is 1.00. The van der Waals surface area contributed by atoms with E-state index in [0.717, 1.165) is 32.1 Å². The van der Waals surface area contributed by atoms with Crippen LogP contribution in [0.1, 0.15) is 44.9 Å². The van der Waals surface area contributed by atoms with Crippen molar-refractivity contribution in [3.8, 4) is 0 Å². The molecule has 20 heavy (non-hydrogen) atoms. The summed E-state index contributed by atoms with van der Waals surface area (Å²) in [5.74, 6) is 1.07. The molecule has 5 saturated carbocycles. The second-order valence-electron chi connectivity index (χ2n) is 7.18. The normalized spacial score (nSPS) is 45.0. The highest BCUT2D eigenvalue weighted by Crippen LogP contribution is 2.75. The summed E-state index contributed by atoms with van der Waals surface area (Å²) in [4.78, 5) is 0. The van der Waals surface area contributed by atoms with Gasteiger partial charge in [0.25, 0.3) is 0 Å². The Labute approximate surface area is 116 Å². The van der Waals surface area contributed by atoms with Crippen molar-refractivity contribution in [1.29, 1.82) is 0 Å². The molecule has 0 radical (unpaired) electrons. The number of hydrogen-bond acceptors (Lipinski definition) is 3. The van der Waals surface area contributed by atoms with Crippen molar-refractivity contribution < 1.29 is 25.8 Å². The van der Waals surface area contributed by atoms with Crippen molar-refractivity contribution in [3.05, 3.63) is 0 Å². The lowest BCUT2D eigenvalue weighted by atomic mass is 9.48. The van der Waals surface area contributed by atoms with Gasteiger partial charge >= 0.3 is 15.6 Å². The van der Waals surface area contributed by atoms with Gasteiger partial charge in [-0.15, -0.1) is 0 Å². The quantitative estimate of drug-likeness (QED) is 0.581. The monoisotopic (exact) mass is 310 g/mol. The first-order chi connectivity index (χ1) is 9.18. The lowest BCUT2D eigenvalue weighted by molar-refractivity contribution is -0.175. The molecule has 5 fully saturated rings. The molecular formula is C13H17F3O3S. The van der Waals surface area contributed by atoms with Gasteiger partial charge in [-0.1, -0.05) is 0 Å². The zero-order valence-electron chi connectivity index (χ0n) is 10.9. The third-order valence-electron chi connectivity index (χ3n) is 6.17. The van der Waals surface area contributed by atoms with Crippen molar-refractivity contribution in [1.82, 2.24) is 0 Å². The Bertz CT molecular complexity index is 536. The molecule has 0 aromatic rings. The van der Waals surface area contributed by atoms with Gasteiger partial charge in [-0.25, -0.2) is 0 Å². The summed E-state index contributed by atoms with van der Waals surface area (Å²) in [5.41, 5.74) is -6.65. The van der Waals surface area contributed by atoms with E-state index in [2.05, 4.69) is 0 Å². The summed E-state index contributed by atoms with van der Waals surface area (Å²) >= 11 is 0. The molecule has 4 bridgehead atoms. The van der Waals surface area contributed by atoms with E-state index in [9.17, 15) is 21.6 Å². The number of hydrogen-bond donors (Lipinski definition) is 0. The molecule has 0 aromatic heterocycles. The summed E-state index contributed by atoms with van der Waals surface area (Å²) in [5, 5.41) is 0. The average Bonchev–Trinajstić information content (AvgIpc) is 3.04. The third kappa shape index (κ3) is 1.54. The van der Waals surface area contributed by atoms with E-state index < -0.39 is 21.2 Å². The summed E-state index contributed by atoms with van der Waals surface area (Å²) in [7, 11) is -5.49. The van der Waals surface area contributed by atoms with Gasteiger partial charge in [-0.3, -0.25) is 4.18 Å². The van der Waals surface area contributed by atoms with E-state index in [0.29, 0.717) is 30.6 Å². The molecule has 5 rings (SSSR count). The molecular weight excluding hydrogens is 293 g/mol. The molecule has 0 aliphatic heterocycles. The smallest absolute Gasteiger partial charge is 0.256 e. The predicted molar refractivity (Wildman–Crippen MR) is 64.0 cm³/mol. The highest BCUT2D eigenvalue weighted by atomic mass is 32.2. The summed E-state index contributed by atoms with van der Waals surface area (Å²) < 4.78 is 66.0. The van der Waals surface area contributed by atoms with Crippen molar-refractivity contribution in [3.63, 3.8) is 0 Å². The molecule has 4 atom stereocenters. The van der Waals surface area contributed by atoms with Crippen molar-refractivity contribution in [2.24, 2.45) is 23.2 Å². The van der Waals surface area contributed by atoms with Gasteiger partial charge in [0.1, 0.15) is 0 Å². The second kappa shape index (κ2) is 3.54. The van der Waals surface area contributed by atoms with Crippen LogP contribution in [0.5, 0.6) is 0 Å². The fourth-order valence-electron chi connectivity index (χ4n) is 5.55. The van der Waals surface area contributed by atoms with Gasteiger partial charge in [0.05, 0.1) is 5.60 Å². The molecule has 3 nitrogen and oxygen atoms in total. The SMILES string of the molecule is O=S(=O)(OC12C[C@@H]3CC(C[C@@H](C3)C1)C21CC1)C(F)(F)F. The van der Waals surface area contributed by atoms with Gasteiger partial charge in [0.15, 0.2) is 0 Å². The van der Waals surface area contributed by atoms with Crippen LogP contribution in [0, 0.1) is 23.2 Å². The Morgan fingerprint density at radius 1 is 1.00 bits per heavy atom. The molecule has 114 valence electrons. The van der Waals surface area contributed by atoms with E-state index in [1.54, 1.807) is 0 Å². The Kier molecular flexibility index (Phi) is 2.36. The van der Waals surface area contributed by atoms with Crippen molar-refractivity contribution >= 4 is 10.1 Å². The minimum absolute atomic E-state index is 0.279. The molecule has 0 N–H and O–H groups in total. The van der Waals surface area contributed by atoms with Crippen LogP contribution in [0.3, 0.4) is 0 Å². The number of alkyl halides is 3. The lowest BCUT2D eigenvalue weighted by Gasteiger charge is -2.61. The molecule has 2 unspecified atom stereocenters. The molecule has 0 heterocycles. The zero-order chi connectivity index (χ0) is 14.4. The van der Waals surface area contributed by atoms with Crippen LogP contribution in [0.4, 0.5) is 13.2 Å². The van der Waals surface area contributed by atoms with Gasteiger partial charge in [-0.2, -0.15) is 21.6 Å². The molecule has 0 saturated heterocycles. The molecule has 0 amide bonds. The van der Waals surface area contributed by atoms with Crippen LogP contribution in [-0.4, -0.2) is 19.5 Å². The first-order valence-corrected chi connectivity index (χ1v) is 8.60. The van der Waals surface area contributed by atoms with Crippen LogP contribution in [-0.2, 0) is 14.3 Å². The largest absolute Gasteiger partial charge is 0.523 e. The van der Waals surface area contributed by atoms with E-state index in [1.165, 1.54) is 0 Å². The topological polar surface area (TPSA) is 43.4 Å². The van der Waals surface area contributed by atoms with Gasteiger partial charge in [0.2, 0.25) is 0 Å². The maximum absolute atomic E-state index is 12.7. The van der Waals surface area contributed by atoms with Crippen molar-refractivity contribution in [2.75, 3.05) is 0 Å². The highest BCUT2D eigenvalue weighted by Gasteiger charge is 2.73. The summed E-state index contributed by atoms with van der Waals surface area (Å²) in [6, 6.07) is 0. The molecule has 0 aromatic carbocycles. The lowest BCUT2D eigenvalue weighted by Crippen LogP contribution is -2.61. The van der Waals surface area contributed by atoms with Crippen LogP contribution in [0.2, 0.25) is 0 Å². The summed E-state index contributed by atoms with van der Waals surface area (Å²) in [6.45, 7) is 0. The van der Waals surface area contributed by atoms with Gasteiger partial charge in [0, 0.05) is 5.41 Å². The Balaban J connectivity index is 1.73. The number of halogens is 3. The Morgan fingerprint density at radius 3 is 2.00 bits per heavy atom. The maximum atomic E-state index is 12.7. The molecule has 1 spiro atoms. The van der Waals surface area contributed by atoms with Gasteiger partial charge < -0.3 is 0 Å². The Morgan fingerprint density at radius 2 is 1.55 bits per heavy atom. The van der Waals surface area contributed by atoms with E-state index in [1.807, 2.05) is 0 Å². The number of rotatable bonds is 2. The second-order valence-corrected chi connectivity index (χ2v) is 8.72. The Hall–Kier alpha value is -0.300. The summed E-state index contributed by atoms with van der Waals surface area (Å²) in [6.07, 6.45) is 5.77. The minimum atomic E-state index is -5.49. The van der Waals surface area contributed by atoms with Gasteiger partial charge in [-0.05, 0) is 62.7 Å².